The van der Waals surface area contributed by atoms with Crippen LogP contribution in [0, 0.1) is 0 Å². The van der Waals surface area contributed by atoms with Crippen LogP contribution in [0.4, 0.5) is 10.5 Å². The van der Waals surface area contributed by atoms with Crippen LogP contribution in [-0.2, 0) is 6.54 Å². The lowest BCUT2D eigenvalue weighted by Gasteiger charge is -2.34. The number of hydrogen-bond donors (Lipinski definition) is 1. The molecule has 0 unspecified atom stereocenters. The predicted octanol–water partition coefficient (Wildman–Crippen LogP) is 3.71. The summed E-state index contributed by atoms with van der Waals surface area (Å²) in [6, 6.07) is 13.1. The summed E-state index contributed by atoms with van der Waals surface area (Å²) < 4.78 is 10.5. The van der Waals surface area contributed by atoms with Gasteiger partial charge in [0, 0.05) is 43.8 Å². The van der Waals surface area contributed by atoms with Gasteiger partial charge in [0.15, 0.2) is 0 Å². The van der Waals surface area contributed by atoms with Crippen molar-refractivity contribution >= 4 is 23.3 Å². The van der Waals surface area contributed by atoms with Crippen LogP contribution in [0.3, 0.4) is 0 Å². The van der Waals surface area contributed by atoms with Crippen LogP contribution in [0.2, 0.25) is 5.02 Å². The van der Waals surface area contributed by atoms with Crippen LogP contribution >= 0.6 is 11.6 Å². The van der Waals surface area contributed by atoms with Crippen molar-refractivity contribution in [3.05, 3.63) is 53.1 Å². The third-order valence-corrected chi connectivity index (χ3v) is 5.03. The van der Waals surface area contributed by atoms with Gasteiger partial charge in [-0.2, -0.15) is 0 Å². The van der Waals surface area contributed by atoms with Crippen LogP contribution in [0.5, 0.6) is 11.5 Å². The molecule has 0 spiro atoms. The molecule has 1 fully saturated rings. The first kappa shape index (κ1) is 19.3. The first-order valence-corrected chi connectivity index (χ1v) is 9.22. The molecule has 1 N–H and O–H groups in total. The molecule has 0 atom stereocenters. The number of nitrogens with zero attached hydrogens (tertiary/aromatic N) is 2. The zero-order chi connectivity index (χ0) is 19.2. The van der Waals surface area contributed by atoms with Gasteiger partial charge in [0.05, 0.1) is 19.9 Å². The molecule has 7 heteroatoms. The third-order valence-electron chi connectivity index (χ3n) is 4.66. The second-order valence-corrected chi connectivity index (χ2v) is 6.76. The van der Waals surface area contributed by atoms with Gasteiger partial charge in [0.1, 0.15) is 11.5 Å². The second kappa shape index (κ2) is 8.97. The number of benzene rings is 2. The second-order valence-electron chi connectivity index (χ2n) is 6.35. The summed E-state index contributed by atoms with van der Waals surface area (Å²) in [7, 11) is 3.16. The lowest BCUT2D eigenvalue weighted by atomic mass is 10.2. The van der Waals surface area contributed by atoms with Crippen molar-refractivity contribution in [2.75, 3.05) is 45.7 Å². The fourth-order valence-electron chi connectivity index (χ4n) is 3.07. The number of anilines is 1. The van der Waals surface area contributed by atoms with Crippen molar-refractivity contribution < 1.29 is 14.3 Å². The monoisotopic (exact) mass is 389 g/mol. The molecule has 2 aromatic rings. The van der Waals surface area contributed by atoms with E-state index in [4.69, 9.17) is 21.1 Å². The van der Waals surface area contributed by atoms with E-state index < -0.39 is 0 Å². The lowest BCUT2D eigenvalue weighted by Crippen LogP contribution is -2.49. The van der Waals surface area contributed by atoms with E-state index in [1.807, 2.05) is 29.2 Å². The van der Waals surface area contributed by atoms with Crippen molar-refractivity contribution in [3.63, 3.8) is 0 Å². The van der Waals surface area contributed by atoms with E-state index in [1.54, 1.807) is 32.4 Å². The molecule has 0 bridgehead atoms. The van der Waals surface area contributed by atoms with E-state index in [-0.39, 0.29) is 6.03 Å². The first-order chi connectivity index (χ1) is 13.1. The summed E-state index contributed by atoms with van der Waals surface area (Å²) in [5.74, 6) is 1.25. The number of ether oxygens (including phenoxy) is 2. The summed E-state index contributed by atoms with van der Waals surface area (Å²) >= 11 is 6.24. The minimum Gasteiger partial charge on any atom is -0.497 e. The summed E-state index contributed by atoms with van der Waals surface area (Å²) in [6.45, 7) is 3.72. The van der Waals surface area contributed by atoms with E-state index in [0.29, 0.717) is 30.3 Å². The molecule has 1 aliphatic heterocycles. The van der Waals surface area contributed by atoms with Crippen molar-refractivity contribution in [1.29, 1.82) is 0 Å². The molecule has 27 heavy (non-hydrogen) atoms. The van der Waals surface area contributed by atoms with E-state index in [1.165, 1.54) is 0 Å². The van der Waals surface area contributed by atoms with E-state index >= 15 is 0 Å². The van der Waals surface area contributed by atoms with Gasteiger partial charge in [-0.15, -0.1) is 0 Å². The van der Waals surface area contributed by atoms with Crippen LogP contribution in [0.15, 0.2) is 42.5 Å². The molecular formula is C20H24ClN3O3. The summed E-state index contributed by atoms with van der Waals surface area (Å²) in [6.07, 6.45) is 0. The van der Waals surface area contributed by atoms with E-state index in [2.05, 4.69) is 10.2 Å². The minimum absolute atomic E-state index is 0.129. The lowest BCUT2D eigenvalue weighted by molar-refractivity contribution is 0.143. The predicted molar refractivity (Wildman–Crippen MR) is 107 cm³/mol. The number of amides is 2. The van der Waals surface area contributed by atoms with Crippen LogP contribution in [0.1, 0.15) is 5.56 Å². The van der Waals surface area contributed by atoms with Crippen molar-refractivity contribution in [2.45, 2.75) is 6.54 Å². The number of methoxy groups -OCH3 is 2. The molecule has 2 amide bonds. The highest BCUT2D eigenvalue weighted by Crippen LogP contribution is 2.29. The van der Waals surface area contributed by atoms with Gasteiger partial charge in [-0.1, -0.05) is 29.8 Å². The Labute approximate surface area is 164 Å². The molecule has 1 heterocycles. The zero-order valence-electron chi connectivity index (χ0n) is 15.6. The highest BCUT2D eigenvalue weighted by Gasteiger charge is 2.22. The van der Waals surface area contributed by atoms with Crippen molar-refractivity contribution in [1.82, 2.24) is 9.80 Å². The SMILES string of the molecule is COc1ccc(NC(=O)N2CCN(Cc3ccccc3Cl)CC2)c(OC)c1. The Balaban J connectivity index is 1.55. The molecule has 2 aromatic carbocycles. The molecule has 0 aromatic heterocycles. The molecule has 0 aliphatic carbocycles. The van der Waals surface area contributed by atoms with Gasteiger partial charge in [0.25, 0.3) is 0 Å². The number of carbonyl (C=O) groups excluding carboxylic acids is 1. The van der Waals surface area contributed by atoms with Gasteiger partial charge < -0.3 is 19.7 Å². The van der Waals surface area contributed by atoms with Crippen molar-refractivity contribution in [2.24, 2.45) is 0 Å². The van der Waals surface area contributed by atoms with Crippen LogP contribution in [0.25, 0.3) is 0 Å². The Kier molecular flexibility index (Phi) is 6.42. The Morgan fingerprint density at radius 2 is 1.81 bits per heavy atom. The van der Waals surface area contributed by atoms with Crippen molar-refractivity contribution in [3.8, 4) is 11.5 Å². The molecule has 1 aliphatic rings. The number of rotatable bonds is 5. The smallest absolute Gasteiger partial charge is 0.322 e. The fraction of sp³-hybridized carbons (Fsp3) is 0.350. The van der Waals surface area contributed by atoms with E-state index in [9.17, 15) is 4.79 Å². The molecule has 144 valence electrons. The van der Waals surface area contributed by atoms with Gasteiger partial charge in [-0.25, -0.2) is 4.79 Å². The quantitative estimate of drug-likeness (QED) is 0.847. The number of piperazine rings is 1. The average molecular weight is 390 g/mol. The number of nitrogens with one attached hydrogen (secondary N) is 1. The molecule has 6 nitrogen and oxygen atoms in total. The summed E-state index contributed by atoms with van der Waals surface area (Å²) in [5, 5.41) is 3.70. The van der Waals surface area contributed by atoms with E-state index in [0.717, 1.165) is 30.2 Å². The minimum atomic E-state index is -0.129. The Morgan fingerprint density at radius 1 is 1.07 bits per heavy atom. The van der Waals surface area contributed by atoms with Crippen LogP contribution in [-0.4, -0.2) is 56.2 Å². The molecule has 0 radical (unpaired) electrons. The topological polar surface area (TPSA) is 54.0 Å². The van der Waals surface area contributed by atoms with Gasteiger partial charge >= 0.3 is 6.03 Å². The normalized spacial score (nSPS) is 14.7. The third kappa shape index (κ3) is 4.84. The molecule has 0 saturated carbocycles. The Hall–Kier alpha value is -2.44. The maximum atomic E-state index is 12.6. The highest BCUT2D eigenvalue weighted by atomic mass is 35.5. The van der Waals surface area contributed by atoms with Gasteiger partial charge in [0.2, 0.25) is 0 Å². The van der Waals surface area contributed by atoms with Gasteiger partial charge in [-0.05, 0) is 23.8 Å². The maximum Gasteiger partial charge on any atom is 0.322 e. The summed E-state index contributed by atoms with van der Waals surface area (Å²) in [4.78, 5) is 16.7. The molecule has 1 saturated heterocycles. The standard InChI is InChI=1S/C20H24ClN3O3/c1-26-16-7-8-18(19(13-16)27-2)22-20(25)24-11-9-23(10-12-24)14-15-5-3-4-6-17(15)21/h3-8,13H,9-12,14H2,1-2H3,(H,22,25). The number of urea groups is 1. The largest absolute Gasteiger partial charge is 0.497 e. The van der Waals surface area contributed by atoms with Gasteiger partial charge in [-0.3, -0.25) is 4.90 Å². The first-order valence-electron chi connectivity index (χ1n) is 8.84. The highest BCUT2D eigenvalue weighted by molar-refractivity contribution is 6.31. The van der Waals surface area contributed by atoms with Crippen LogP contribution < -0.4 is 14.8 Å². The average Bonchev–Trinajstić information content (AvgIpc) is 2.70. The number of hydrogen-bond acceptors (Lipinski definition) is 4. The fourth-order valence-corrected chi connectivity index (χ4v) is 3.27. The molecule has 3 rings (SSSR count). The number of halogens is 1. The number of carbonyl (C=O) groups is 1. The Bertz CT molecular complexity index is 792. The molecular weight excluding hydrogens is 366 g/mol. The Morgan fingerprint density at radius 3 is 2.48 bits per heavy atom. The zero-order valence-corrected chi connectivity index (χ0v) is 16.3. The maximum absolute atomic E-state index is 12.6. The summed E-state index contributed by atoms with van der Waals surface area (Å²) in [5.41, 5.74) is 1.74.